The van der Waals surface area contributed by atoms with E-state index in [1.807, 2.05) is 5.38 Å². The fraction of sp³-hybridized carbons (Fsp3) is 0.471. The molecule has 0 bridgehead atoms. The Balaban J connectivity index is 2.00. The first-order chi connectivity index (χ1) is 10.2. The molecular weight excluding hydrogens is 300 g/mol. The highest BCUT2D eigenvalue weighted by molar-refractivity contribution is 7.13. The molecule has 0 amide bonds. The summed E-state index contributed by atoms with van der Waals surface area (Å²) in [6.07, 6.45) is 3.86. The van der Waals surface area contributed by atoms with Crippen LogP contribution in [0.15, 0.2) is 29.6 Å². The van der Waals surface area contributed by atoms with Crippen molar-refractivity contribution in [3.05, 3.63) is 40.9 Å². The zero-order valence-corrected chi connectivity index (χ0v) is 14.4. The third kappa shape index (κ3) is 5.10. The first kappa shape index (κ1) is 16.5. The maximum absolute atomic E-state index is 5.83. The quantitative estimate of drug-likeness (QED) is 0.492. The third-order valence-electron chi connectivity index (χ3n) is 3.46. The van der Waals surface area contributed by atoms with Gasteiger partial charge in [0.15, 0.2) is 0 Å². The molecule has 1 aromatic carbocycles. The van der Waals surface area contributed by atoms with Gasteiger partial charge in [0.05, 0.1) is 11.6 Å². The number of hydrogen-bond acceptors (Lipinski definition) is 3. The number of nitrogens with zero attached hydrogens (tertiary/aromatic N) is 2. The second-order valence-electron chi connectivity index (χ2n) is 5.42. The smallest absolute Gasteiger partial charge is 0.123 e. The van der Waals surface area contributed by atoms with Gasteiger partial charge in [-0.25, -0.2) is 4.98 Å². The van der Waals surface area contributed by atoms with Crippen molar-refractivity contribution in [1.29, 1.82) is 0 Å². The van der Waals surface area contributed by atoms with Gasteiger partial charge in [0.25, 0.3) is 0 Å². The minimum Gasteiger partial charge on any atom is -0.302 e. The summed E-state index contributed by atoms with van der Waals surface area (Å²) in [7, 11) is 2.19. The van der Waals surface area contributed by atoms with Gasteiger partial charge in [-0.15, -0.1) is 22.9 Å². The van der Waals surface area contributed by atoms with Crippen LogP contribution in [0.25, 0.3) is 10.6 Å². The molecule has 0 radical (unpaired) electrons. The Morgan fingerprint density at radius 1 is 1.29 bits per heavy atom. The van der Waals surface area contributed by atoms with E-state index in [0.717, 1.165) is 23.8 Å². The van der Waals surface area contributed by atoms with Crippen LogP contribution in [0, 0.1) is 0 Å². The Bertz CT molecular complexity index is 553. The second kappa shape index (κ2) is 8.52. The van der Waals surface area contributed by atoms with E-state index < -0.39 is 0 Å². The SMILES string of the molecule is CCCCCN(C)Cc1cccc(-c2nc(CCl)cs2)c1. The molecule has 0 fully saturated rings. The molecule has 0 atom stereocenters. The summed E-state index contributed by atoms with van der Waals surface area (Å²) < 4.78 is 0. The van der Waals surface area contributed by atoms with Crippen LogP contribution < -0.4 is 0 Å². The molecule has 114 valence electrons. The zero-order valence-electron chi connectivity index (χ0n) is 12.8. The summed E-state index contributed by atoms with van der Waals surface area (Å²) in [6.45, 7) is 4.39. The van der Waals surface area contributed by atoms with Gasteiger partial charge in [-0.05, 0) is 31.6 Å². The van der Waals surface area contributed by atoms with Gasteiger partial charge in [0.1, 0.15) is 5.01 Å². The predicted molar refractivity (Wildman–Crippen MR) is 93.0 cm³/mol. The molecule has 2 nitrogen and oxygen atoms in total. The van der Waals surface area contributed by atoms with Crippen molar-refractivity contribution >= 4 is 22.9 Å². The minimum atomic E-state index is 0.482. The molecule has 2 aromatic rings. The average Bonchev–Trinajstić information content (AvgIpc) is 2.97. The van der Waals surface area contributed by atoms with E-state index in [-0.39, 0.29) is 0 Å². The van der Waals surface area contributed by atoms with Gasteiger partial charge in [0.2, 0.25) is 0 Å². The van der Waals surface area contributed by atoms with Gasteiger partial charge in [-0.3, -0.25) is 0 Å². The Morgan fingerprint density at radius 2 is 2.14 bits per heavy atom. The summed E-state index contributed by atoms with van der Waals surface area (Å²) in [4.78, 5) is 6.94. The number of rotatable bonds is 8. The summed E-state index contributed by atoms with van der Waals surface area (Å²) in [6, 6.07) is 8.67. The number of unbranched alkanes of at least 4 members (excludes halogenated alkanes) is 2. The lowest BCUT2D eigenvalue weighted by molar-refractivity contribution is 0.318. The molecule has 0 saturated heterocycles. The number of aromatic nitrogens is 1. The largest absolute Gasteiger partial charge is 0.302 e. The first-order valence-corrected chi connectivity index (χ1v) is 8.92. The average molecular weight is 323 g/mol. The van der Waals surface area contributed by atoms with E-state index in [4.69, 9.17) is 11.6 Å². The summed E-state index contributed by atoms with van der Waals surface area (Å²) in [5, 5.41) is 3.09. The minimum absolute atomic E-state index is 0.482. The maximum atomic E-state index is 5.83. The number of alkyl halides is 1. The van der Waals surface area contributed by atoms with E-state index in [2.05, 4.69) is 48.1 Å². The van der Waals surface area contributed by atoms with Crippen LogP contribution in [0.1, 0.15) is 37.4 Å². The molecule has 0 aliphatic heterocycles. The molecule has 0 saturated carbocycles. The highest BCUT2D eigenvalue weighted by Crippen LogP contribution is 2.25. The molecule has 0 N–H and O–H groups in total. The molecule has 1 heterocycles. The molecule has 0 aliphatic rings. The summed E-state index contributed by atoms with van der Waals surface area (Å²) in [5.74, 6) is 0.482. The standard InChI is InChI=1S/C17H23ClN2S/c1-3-4-5-9-20(2)12-14-7-6-8-15(10-14)17-19-16(11-18)13-21-17/h6-8,10,13H,3-5,9,11-12H2,1-2H3. The number of benzene rings is 1. The molecule has 0 aliphatic carbocycles. The van der Waals surface area contributed by atoms with Crippen molar-refractivity contribution in [3.63, 3.8) is 0 Å². The highest BCUT2D eigenvalue weighted by Gasteiger charge is 2.06. The van der Waals surface area contributed by atoms with Gasteiger partial charge in [0, 0.05) is 17.5 Å². The maximum Gasteiger partial charge on any atom is 0.123 e. The number of halogens is 1. The van der Waals surface area contributed by atoms with Crippen molar-refractivity contribution < 1.29 is 0 Å². The molecule has 21 heavy (non-hydrogen) atoms. The highest BCUT2D eigenvalue weighted by atomic mass is 35.5. The van der Waals surface area contributed by atoms with Gasteiger partial charge in [-0.2, -0.15) is 0 Å². The van der Waals surface area contributed by atoms with Crippen LogP contribution in [-0.2, 0) is 12.4 Å². The normalized spacial score (nSPS) is 11.2. The number of thiazole rings is 1. The molecule has 0 spiro atoms. The fourth-order valence-electron chi connectivity index (χ4n) is 2.33. The predicted octanol–water partition coefficient (Wildman–Crippen LogP) is 5.17. The van der Waals surface area contributed by atoms with Crippen molar-refractivity contribution in [3.8, 4) is 10.6 Å². The van der Waals surface area contributed by atoms with Crippen LogP contribution in [0.5, 0.6) is 0 Å². The van der Waals surface area contributed by atoms with Crippen LogP contribution in [0.4, 0.5) is 0 Å². The Morgan fingerprint density at radius 3 is 2.86 bits per heavy atom. The van der Waals surface area contributed by atoms with Crippen molar-refractivity contribution in [1.82, 2.24) is 9.88 Å². The van der Waals surface area contributed by atoms with Gasteiger partial charge < -0.3 is 4.90 Å². The van der Waals surface area contributed by atoms with E-state index in [9.17, 15) is 0 Å². The molecule has 4 heteroatoms. The lowest BCUT2D eigenvalue weighted by Gasteiger charge is -2.16. The fourth-order valence-corrected chi connectivity index (χ4v) is 3.37. The summed E-state index contributed by atoms with van der Waals surface area (Å²) in [5.41, 5.74) is 3.49. The van der Waals surface area contributed by atoms with Gasteiger partial charge in [-0.1, -0.05) is 38.0 Å². The van der Waals surface area contributed by atoms with Crippen LogP contribution in [0.3, 0.4) is 0 Å². The monoisotopic (exact) mass is 322 g/mol. The van der Waals surface area contributed by atoms with E-state index in [0.29, 0.717) is 5.88 Å². The van der Waals surface area contributed by atoms with E-state index in [1.54, 1.807) is 11.3 Å². The van der Waals surface area contributed by atoms with Crippen LogP contribution in [-0.4, -0.2) is 23.5 Å². The molecule has 1 aromatic heterocycles. The third-order valence-corrected chi connectivity index (χ3v) is 4.67. The van der Waals surface area contributed by atoms with Crippen LogP contribution in [0.2, 0.25) is 0 Å². The molecular formula is C17H23ClN2S. The van der Waals surface area contributed by atoms with E-state index >= 15 is 0 Å². The molecule has 2 rings (SSSR count). The Labute approximate surface area is 136 Å². The summed E-state index contributed by atoms with van der Waals surface area (Å²) >= 11 is 7.49. The second-order valence-corrected chi connectivity index (χ2v) is 6.55. The lowest BCUT2D eigenvalue weighted by atomic mass is 10.1. The Hall–Kier alpha value is -0.900. The first-order valence-electron chi connectivity index (χ1n) is 7.51. The zero-order chi connectivity index (χ0) is 15.1. The van der Waals surface area contributed by atoms with Gasteiger partial charge >= 0.3 is 0 Å². The van der Waals surface area contributed by atoms with E-state index in [1.165, 1.54) is 30.4 Å². The number of hydrogen-bond donors (Lipinski definition) is 0. The van der Waals surface area contributed by atoms with Crippen molar-refractivity contribution in [2.75, 3.05) is 13.6 Å². The van der Waals surface area contributed by atoms with Crippen molar-refractivity contribution in [2.24, 2.45) is 0 Å². The lowest BCUT2D eigenvalue weighted by Crippen LogP contribution is -2.19. The molecule has 0 unspecified atom stereocenters. The van der Waals surface area contributed by atoms with Crippen LogP contribution >= 0.6 is 22.9 Å². The topological polar surface area (TPSA) is 16.1 Å². The Kier molecular flexibility index (Phi) is 6.68. The van der Waals surface area contributed by atoms with Crippen molar-refractivity contribution in [2.45, 2.75) is 38.6 Å².